The van der Waals surface area contributed by atoms with Crippen LogP contribution in [0.5, 0.6) is 0 Å². The lowest BCUT2D eigenvalue weighted by molar-refractivity contribution is -0.118. The maximum absolute atomic E-state index is 13.2. The first kappa shape index (κ1) is 20.9. The van der Waals surface area contributed by atoms with E-state index in [-0.39, 0.29) is 34.7 Å². The lowest BCUT2D eigenvalue weighted by Gasteiger charge is -2.41. The molecule has 3 aliphatic carbocycles. The van der Waals surface area contributed by atoms with Crippen molar-refractivity contribution in [2.45, 2.75) is 36.0 Å². The molecular weight excluding hydrogens is 470 g/mol. The molecule has 3 aromatic rings. The Kier molecular flexibility index (Phi) is 4.06. The fourth-order valence-electron chi connectivity index (χ4n) is 7.55. The summed E-state index contributed by atoms with van der Waals surface area (Å²) in [7, 11) is 0. The number of thioether (sulfide) groups is 1. The number of hydrogen-bond acceptors (Lipinski definition) is 6. The van der Waals surface area contributed by atoms with Gasteiger partial charge >= 0.3 is 0 Å². The molecule has 0 radical (unpaired) electrons. The number of anilines is 1. The van der Waals surface area contributed by atoms with Crippen LogP contribution in [-0.4, -0.2) is 33.8 Å². The van der Waals surface area contributed by atoms with Gasteiger partial charge in [-0.2, -0.15) is 0 Å². The van der Waals surface area contributed by atoms with Crippen LogP contribution in [0.3, 0.4) is 0 Å². The van der Waals surface area contributed by atoms with Crippen molar-refractivity contribution in [2.24, 2.45) is 11.8 Å². The Bertz CT molecular complexity index is 1620. The van der Waals surface area contributed by atoms with Crippen LogP contribution >= 0.6 is 11.8 Å². The highest BCUT2D eigenvalue weighted by Crippen LogP contribution is 2.60. The average molecular weight is 494 g/mol. The molecule has 2 N–H and O–H groups in total. The van der Waals surface area contributed by atoms with Gasteiger partial charge in [0.2, 0.25) is 5.12 Å². The number of aliphatic hydroxyl groups is 2. The van der Waals surface area contributed by atoms with Gasteiger partial charge in [-0.05, 0) is 65.6 Å². The van der Waals surface area contributed by atoms with Crippen molar-refractivity contribution in [1.29, 1.82) is 0 Å². The molecule has 0 amide bonds. The van der Waals surface area contributed by atoms with Gasteiger partial charge < -0.3 is 15.1 Å². The Morgan fingerprint density at radius 3 is 2.69 bits per heavy atom. The molecule has 0 spiro atoms. The molecule has 0 unspecified atom stereocenters. The van der Waals surface area contributed by atoms with E-state index < -0.39 is 12.2 Å². The Morgan fingerprint density at radius 1 is 1.06 bits per heavy atom. The number of fused-ring (bicyclic) bond motifs is 5. The molecule has 0 aromatic heterocycles. The summed E-state index contributed by atoms with van der Waals surface area (Å²) in [6.45, 7) is 2.86. The predicted molar refractivity (Wildman–Crippen MR) is 139 cm³/mol. The Morgan fingerprint density at radius 2 is 1.86 bits per heavy atom. The van der Waals surface area contributed by atoms with Crippen LogP contribution in [0.1, 0.15) is 57.6 Å². The molecule has 5 nitrogen and oxygen atoms in total. The van der Waals surface area contributed by atoms with Crippen LogP contribution in [-0.2, 0) is 4.79 Å². The number of ketones is 1. The van der Waals surface area contributed by atoms with E-state index in [0.717, 1.165) is 56.4 Å². The number of carbonyl (C=O) groups excluding carboxylic acids is 2. The van der Waals surface area contributed by atoms with Gasteiger partial charge in [-0.1, -0.05) is 42.0 Å². The van der Waals surface area contributed by atoms with E-state index in [1.165, 1.54) is 5.56 Å². The van der Waals surface area contributed by atoms with E-state index in [2.05, 4.69) is 42.2 Å². The average Bonchev–Trinajstić information content (AvgIpc) is 3.37. The van der Waals surface area contributed by atoms with E-state index in [1.807, 2.05) is 24.3 Å². The van der Waals surface area contributed by atoms with Crippen LogP contribution in [0.4, 0.5) is 5.69 Å². The smallest absolute Gasteiger partial charge is 0.224 e. The highest BCUT2D eigenvalue weighted by Gasteiger charge is 2.55. The minimum Gasteiger partial charge on any atom is -0.386 e. The minimum absolute atomic E-state index is 0.0306. The lowest BCUT2D eigenvalue weighted by atomic mass is 9.62. The van der Waals surface area contributed by atoms with E-state index in [0.29, 0.717) is 11.1 Å². The molecule has 2 aliphatic heterocycles. The fraction of sp³-hybridized carbons (Fsp3) is 0.267. The van der Waals surface area contributed by atoms with E-state index in [9.17, 15) is 19.8 Å². The van der Waals surface area contributed by atoms with E-state index >= 15 is 0 Å². The first-order valence-electron chi connectivity index (χ1n) is 12.4. The summed E-state index contributed by atoms with van der Waals surface area (Å²) in [5, 5.41) is 22.9. The quantitative estimate of drug-likeness (QED) is 0.501. The second-order valence-corrected chi connectivity index (χ2v) is 11.6. The third-order valence-corrected chi connectivity index (χ3v) is 9.98. The molecule has 6 atom stereocenters. The molecule has 5 aliphatic rings. The Balaban J connectivity index is 1.39. The SMILES string of the molecule is CC1=CC(=O)[C@H]2c3ccccc3[C@H]3[C@@H]1[C@@H]2CN3c1ccc2c3c(c4c(cc13)C=C[C@@H](O)[C@@H]4O)SC2=O. The Hall–Kier alpha value is -3.19. The van der Waals surface area contributed by atoms with Gasteiger partial charge in [-0.25, -0.2) is 0 Å². The summed E-state index contributed by atoms with van der Waals surface area (Å²) >= 11 is 1.15. The summed E-state index contributed by atoms with van der Waals surface area (Å²) in [5.41, 5.74) is 6.70. The summed E-state index contributed by atoms with van der Waals surface area (Å²) < 4.78 is 0. The zero-order chi connectivity index (χ0) is 24.5. The number of allylic oxidation sites excluding steroid dienone is 1. The minimum atomic E-state index is -1.06. The summed E-state index contributed by atoms with van der Waals surface area (Å²) in [6.07, 6.45) is 3.26. The first-order chi connectivity index (χ1) is 17.4. The summed E-state index contributed by atoms with van der Waals surface area (Å²) in [6, 6.07) is 14.5. The first-order valence-corrected chi connectivity index (χ1v) is 13.2. The third-order valence-electron chi connectivity index (χ3n) is 8.95. The molecule has 0 saturated carbocycles. The van der Waals surface area contributed by atoms with Crippen molar-refractivity contribution in [3.05, 3.63) is 88.0 Å². The number of aliphatic hydroxyl groups excluding tert-OH is 2. The molecule has 1 fully saturated rings. The predicted octanol–water partition coefficient (Wildman–Crippen LogP) is 4.93. The molecule has 8 rings (SSSR count). The molecule has 4 bridgehead atoms. The van der Waals surface area contributed by atoms with Crippen LogP contribution in [0.15, 0.2) is 65.1 Å². The molecule has 1 saturated heterocycles. The van der Waals surface area contributed by atoms with Crippen LogP contribution in [0.25, 0.3) is 16.8 Å². The normalized spacial score (nSPS) is 31.1. The van der Waals surface area contributed by atoms with E-state index in [4.69, 9.17) is 0 Å². The van der Waals surface area contributed by atoms with E-state index in [1.54, 1.807) is 6.08 Å². The standard InChI is InChI=1S/C30H23NO4S/c1-13-10-22(33)25-15-4-2-3-5-16(15)27-23(13)19(25)12-31(27)20-8-7-17-26-18(20)11-14-6-9-21(32)28(34)24(14)29(26)36-30(17)35/h2-11,19,21,23,25,27-28,32,34H,12H2,1H3/t19-,21+,23-,25-,27-,28-/m0/s1. The second kappa shape index (κ2) is 6.97. The topological polar surface area (TPSA) is 77.8 Å². The van der Waals surface area contributed by atoms with Crippen LogP contribution in [0, 0.1) is 11.8 Å². The molecule has 2 heterocycles. The third kappa shape index (κ3) is 2.45. The highest BCUT2D eigenvalue weighted by atomic mass is 32.2. The van der Waals surface area contributed by atoms with Gasteiger partial charge in [0.25, 0.3) is 0 Å². The zero-order valence-corrected chi connectivity index (χ0v) is 20.3. The zero-order valence-electron chi connectivity index (χ0n) is 19.5. The number of hydrogen-bond donors (Lipinski definition) is 2. The number of carbonyl (C=O) groups is 2. The van der Waals surface area contributed by atoms with Crippen molar-refractivity contribution in [1.82, 2.24) is 0 Å². The maximum atomic E-state index is 13.2. The maximum Gasteiger partial charge on any atom is 0.224 e. The number of nitrogens with zero attached hydrogens (tertiary/aromatic N) is 1. The van der Waals surface area contributed by atoms with Crippen molar-refractivity contribution in [3.63, 3.8) is 0 Å². The van der Waals surface area contributed by atoms with Gasteiger partial charge in [0.15, 0.2) is 5.78 Å². The van der Waals surface area contributed by atoms with Crippen molar-refractivity contribution in [2.75, 3.05) is 11.4 Å². The van der Waals surface area contributed by atoms with Gasteiger partial charge in [0.1, 0.15) is 12.2 Å². The van der Waals surface area contributed by atoms with Gasteiger partial charge in [-0.15, -0.1) is 0 Å². The molecule has 36 heavy (non-hydrogen) atoms. The van der Waals surface area contributed by atoms with Crippen LogP contribution < -0.4 is 4.90 Å². The van der Waals surface area contributed by atoms with Crippen molar-refractivity contribution in [3.8, 4) is 0 Å². The van der Waals surface area contributed by atoms with Crippen molar-refractivity contribution < 1.29 is 19.8 Å². The molecule has 6 heteroatoms. The fourth-order valence-corrected chi connectivity index (χ4v) is 8.69. The highest BCUT2D eigenvalue weighted by molar-refractivity contribution is 8.14. The second-order valence-electron chi connectivity index (χ2n) is 10.6. The Labute approximate surface area is 212 Å². The molecule has 178 valence electrons. The van der Waals surface area contributed by atoms with Gasteiger partial charge in [0.05, 0.1) is 12.0 Å². The summed E-state index contributed by atoms with van der Waals surface area (Å²) in [4.78, 5) is 29.4. The monoisotopic (exact) mass is 493 g/mol. The molecular formula is C30H23NO4S. The molecule has 3 aromatic carbocycles. The summed E-state index contributed by atoms with van der Waals surface area (Å²) in [5.74, 6) is 0.577. The van der Waals surface area contributed by atoms with Gasteiger partial charge in [-0.3, -0.25) is 9.59 Å². The van der Waals surface area contributed by atoms with Crippen molar-refractivity contribution >= 4 is 45.2 Å². The number of benzene rings is 3. The van der Waals surface area contributed by atoms with Crippen LogP contribution in [0.2, 0.25) is 0 Å². The lowest BCUT2D eigenvalue weighted by Crippen LogP contribution is -2.36. The van der Waals surface area contributed by atoms with Gasteiger partial charge in [0, 0.05) is 44.9 Å². The number of rotatable bonds is 1. The largest absolute Gasteiger partial charge is 0.386 e.